The van der Waals surface area contributed by atoms with E-state index in [1.165, 1.54) is 4.90 Å². The van der Waals surface area contributed by atoms with Crippen LogP contribution in [0.2, 0.25) is 0 Å². The van der Waals surface area contributed by atoms with E-state index in [9.17, 15) is 22.4 Å². The topological polar surface area (TPSA) is 32.3 Å². The van der Waals surface area contributed by atoms with Crippen LogP contribution in [0.1, 0.15) is 36.2 Å². The van der Waals surface area contributed by atoms with E-state index >= 15 is 0 Å². The zero-order valence-electron chi connectivity index (χ0n) is 13.1. The van der Waals surface area contributed by atoms with Crippen molar-refractivity contribution in [1.82, 2.24) is 10.2 Å². The lowest BCUT2D eigenvalue weighted by Crippen LogP contribution is -2.44. The van der Waals surface area contributed by atoms with Crippen molar-refractivity contribution in [2.24, 2.45) is 5.92 Å². The number of benzene rings is 1. The molecule has 1 unspecified atom stereocenters. The Bertz CT molecular complexity index is 566. The SMILES string of the molecule is CC(C)CN(C(=O)c1cccc(F)c1C(F)(F)F)C1CCNC1. The third kappa shape index (κ3) is 4.02. The number of halogens is 4. The number of carbonyl (C=O) groups excluding carboxylic acids is 1. The minimum atomic E-state index is -4.91. The Morgan fingerprint density at radius 2 is 2.09 bits per heavy atom. The minimum absolute atomic E-state index is 0.0995. The molecule has 7 heteroatoms. The highest BCUT2D eigenvalue weighted by molar-refractivity contribution is 5.96. The molecule has 0 aromatic heterocycles. The summed E-state index contributed by atoms with van der Waals surface area (Å²) in [7, 11) is 0. The molecule has 0 aliphatic carbocycles. The summed E-state index contributed by atoms with van der Waals surface area (Å²) < 4.78 is 53.2. The number of amides is 1. The van der Waals surface area contributed by atoms with Crippen molar-refractivity contribution in [1.29, 1.82) is 0 Å². The van der Waals surface area contributed by atoms with Gasteiger partial charge in [0.15, 0.2) is 0 Å². The van der Waals surface area contributed by atoms with Crippen molar-refractivity contribution in [3.8, 4) is 0 Å². The zero-order chi connectivity index (χ0) is 17.2. The van der Waals surface area contributed by atoms with E-state index in [0.29, 0.717) is 26.1 Å². The Balaban J connectivity index is 2.42. The van der Waals surface area contributed by atoms with E-state index in [1.807, 2.05) is 13.8 Å². The second-order valence-corrected chi connectivity index (χ2v) is 6.16. The van der Waals surface area contributed by atoms with Gasteiger partial charge in [-0.05, 0) is 31.0 Å². The first-order valence-corrected chi connectivity index (χ1v) is 7.59. The summed E-state index contributed by atoms with van der Waals surface area (Å²) in [5.74, 6) is -2.08. The molecule has 1 aliphatic rings. The molecule has 1 heterocycles. The summed E-state index contributed by atoms with van der Waals surface area (Å²) in [6.07, 6.45) is -4.23. The zero-order valence-corrected chi connectivity index (χ0v) is 13.1. The van der Waals surface area contributed by atoms with Gasteiger partial charge >= 0.3 is 6.18 Å². The number of rotatable bonds is 4. The molecule has 1 aliphatic heterocycles. The van der Waals surface area contributed by atoms with E-state index in [1.54, 1.807) is 0 Å². The van der Waals surface area contributed by atoms with Gasteiger partial charge in [-0.3, -0.25) is 4.79 Å². The van der Waals surface area contributed by atoms with Crippen LogP contribution in [0.15, 0.2) is 18.2 Å². The molecule has 1 aromatic carbocycles. The van der Waals surface area contributed by atoms with E-state index in [2.05, 4.69) is 5.32 Å². The number of nitrogens with one attached hydrogen (secondary N) is 1. The van der Waals surface area contributed by atoms with Gasteiger partial charge in [0.05, 0.1) is 5.56 Å². The fourth-order valence-electron chi connectivity index (χ4n) is 2.84. The second kappa shape index (κ2) is 6.86. The van der Waals surface area contributed by atoms with E-state index in [-0.39, 0.29) is 12.0 Å². The Labute approximate surface area is 132 Å². The molecule has 3 nitrogen and oxygen atoms in total. The van der Waals surface area contributed by atoms with Crippen molar-refractivity contribution in [3.63, 3.8) is 0 Å². The number of alkyl halides is 3. The van der Waals surface area contributed by atoms with Crippen LogP contribution >= 0.6 is 0 Å². The van der Waals surface area contributed by atoms with Gasteiger partial charge in [-0.1, -0.05) is 19.9 Å². The lowest BCUT2D eigenvalue weighted by Gasteiger charge is -2.31. The number of hydrogen-bond donors (Lipinski definition) is 1. The molecule has 1 N–H and O–H groups in total. The van der Waals surface area contributed by atoms with Crippen LogP contribution in [0.5, 0.6) is 0 Å². The highest BCUT2D eigenvalue weighted by atomic mass is 19.4. The first kappa shape index (κ1) is 17.7. The van der Waals surface area contributed by atoms with Gasteiger partial charge in [0.2, 0.25) is 0 Å². The molecule has 1 fully saturated rings. The maximum Gasteiger partial charge on any atom is 0.420 e. The van der Waals surface area contributed by atoms with Crippen LogP contribution < -0.4 is 5.32 Å². The number of nitrogens with zero attached hydrogens (tertiary/aromatic N) is 1. The first-order valence-electron chi connectivity index (χ1n) is 7.59. The third-order valence-corrected chi connectivity index (χ3v) is 3.83. The number of hydrogen-bond acceptors (Lipinski definition) is 2. The average molecular weight is 332 g/mol. The van der Waals surface area contributed by atoms with Gasteiger partial charge in [0, 0.05) is 19.1 Å². The molecular weight excluding hydrogens is 312 g/mol. The van der Waals surface area contributed by atoms with Crippen LogP contribution in [-0.2, 0) is 6.18 Å². The van der Waals surface area contributed by atoms with Gasteiger partial charge in [0.25, 0.3) is 5.91 Å². The molecule has 128 valence electrons. The van der Waals surface area contributed by atoms with E-state index in [4.69, 9.17) is 0 Å². The quantitative estimate of drug-likeness (QED) is 0.858. The van der Waals surface area contributed by atoms with E-state index in [0.717, 1.165) is 18.2 Å². The maximum atomic E-state index is 13.7. The summed E-state index contributed by atoms with van der Waals surface area (Å²) in [6, 6.07) is 2.74. The van der Waals surface area contributed by atoms with Crippen molar-refractivity contribution in [2.45, 2.75) is 32.5 Å². The van der Waals surface area contributed by atoms with Gasteiger partial charge in [-0.2, -0.15) is 13.2 Å². The Kier molecular flexibility index (Phi) is 5.29. The Hall–Kier alpha value is -1.63. The largest absolute Gasteiger partial charge is 0.420 e. The van der Waals surface area contributed by atoms with Crippen molar-refractivity contribution < 1.29 is 22.4 Å². The van der Waals surface area contributed by atoms with Crippen LogP contribution in [0.3, 0.4) is 0 Å². The monoisotopic (exact) mass is 332 g/mol. The summed E-state index contributed by atoms with van der Waals surface area (Å²) in [5, 5.41) is 3.10. The highest BCUT2D eigenvalue weighted by Crippen LogP contribution is 2.35. The van der Waals surface area contributed by atoms with Gasteiger partial charge in [-0.25, -0.2) is 4.39 Å². The summed E-state index contributed by atoms with van der Waals surface area (Å²) in [5.41, 5.74) is -2.10. The van der Waals surface area contributed by atoms with Gasteiger partial charge in [0.1, 0.15) is 11.4 Å². The van der Waals surface area contributed by atoms with E-state index < -0.39 is 29.0 Å². The van der Waals surface area contributed by atoms with Crippen molar-refractivity contribution >= 4 is 5.91 Å². The third-order valence-electron chi connectivity index (χ3n) is 3.83. The van der Waals surface area contributed by atoms with Crippen LogP contribution in [0.25, 0.3) is 0 Å². The molecule has 23 heavy (non-hydrogen) atoms. The van der Waals surface area contributed by atoms with Crippen LogP contribution in [0, 0.1) is 11.7 Å². The standard InChI is InChI=1S/C16H20F4N2O/c1-10(2)9-22(11-6-7-21-8-11)15(23)12-4-3-5-13(17)14(12)16(18,19)20/h3-5,10-11,21H,6-9H2,1-2H3. The Morgan fingerprint density at radius 3 is 2.61 bits per heavy atom. The lowest BCUT2D eigenvalue weighted by atomic mass is 10.0. The molecule has 0 radical (unpaired) electrons. The molecule has 0 saturated carbocycles. The maximum absolute atomic E-state index is 13.7. The minimum Gasteiger partial charge on any atom is -0.334 e. The fourth-order valence-corrected chi connectivity index (χ4v) is 2.84. The molecule has 0 spiro atoms. The smallest absolute Gasteiger partial charge is 0.334 e. The Morgan fingerprint density at radius 1 is 1.39 bits per heavy atom. The molecule has 2 rings (SSSR count). The van der Waals surface area contributed by atoms with Crippen molar-refractivity contribution in [3.05, 3.63) is 35.1 Å². The molecule has 0 bridgehead atoms. The highest BCUT2D eigenvalue weighted by Gasteiger charge is 2.40. The second-order valence-electron chi connectivity index (χ2n) is 6.16. The normalized spacial score (nSPS) is 18.5. The summed E-state index contributed by atoms with van der Waals surface area (Å²) in [6.45, 7) is 5.35. The first-order chi connectivity index (χ1) is 10.7. The molecular formula is C16H20F4N2O. The fraction of sp³-hybridized carbons (Fsp3) is 0.562. The molecule has 1 atom stereocenters. The number of carbonyl (C=O) groups is 1. The summed E-state index contributed by atoms with van der Waals surface area (Å²) >= 11 is 0. The van der Waals surface area contributed by atoms with Crippen LogP contribution in [-0.4, -0.2) is 36.5 Å². The van der Waals surface area contributed by atoms with Crippen molar-refractivity contribution in [2.75, 3.05) is 19.6 Å². The lowest BCUT2D eigenvalue weighted by molar-refractivity contribution is -0.140. The molecule has 1 amide bonds. The van der Waals surface area contributed by atoms with Gasteiger partial charge in [-0.15, -0.1) is 0 Å². The average Bonchev–Trinajstić information content (AvgIpc) is 2.96. The van der Waals surface area contributed by atoms with Gasteiger partial charge < -0.3 is 10.2 Å². The van der Waals surface area contributed by atoms with Crippen LogP contribution in [0.4, 0.5) is 17.6 Å². The summed E-state index contributed by atoms with van der Waals surface area (Å²) in [4.78, 5) is 14.2. The molecule has 1 aromatic rings. The predicted octanol–water partition coefficient (Wildman–Crippen LogP) is 3.30. The predicted molar refractivity (Wildman–Crippen MR) is 78.6 cm³/mol. The molecule has 1 saturated heterocycles.